The molecule has 1 aliphatic rings. The third-order valence-electron chi connectivity index (χ3n) is 4.22. The number of nitrogens with zero attached hydrogens (tertiary/aromatic N) is 2. The van der Waals surface area contributed by atoms with Gasteiger partial charge in [0.05, 0.1) is 11.3 Å². The van der Waals surface area contributed by atoms with E-state index in [1.807, 2.05) is 14.0 Å². The molecule has 0 radical (unpaired) electrons. The lowest BCUT2D eigenvalue weighted by Crippen LogP contribution is -2.31. The summed E-state index contributed by atoms with van der Waals surface area (Å²) in [6.45, 7) is 4.23. The molecule has 2 rings (SSSR count). The molecule has 0 saturated heterocycles. The van der Waals surface area contributed by atoms with Gasteiger partial charge in [0.15, 0.2) is 0 Å². The van der Waals surface area contributed by atoms with E-state index in [1.165, 1.54) is 6.42 Å². The fourth-order valence-electron chi connectivity index (χ4n) is 2.94. The van der Waals surface area contributed by atoms with Crippen molar-refractivity contribution in [2.45, 2.75) is 58.0 Å². The summed E-state index contributed by atoms with van der Waals surface area (Å²) in [6, 6.07) is 0. The zero-order valence-corrected chi connectivity index (χ0v) is 12.3. The molecule has 1 saturated carbocycles. The van der Waals surface area contributed by atoms with E-state index in [1.54, 1.807) is 4.68 Å². The molecule has 1 aromatic heterocycles. The van der Waals surface area contributed by atoms with Crippen molar-refractivity contribution in [2.75, 3.05) is 0 Å². The smallest absolute Gasteiger partial charge is 0.130 e. The highest BCUT2D eigenvalue weighted by molar-refractivity contribution is 6.30. The van der Waals surface area contributed by atoms with E-state index in [-0.39, 0.29) is 0 Å². The SMILES string of the molecule is Cc1nn(C)c(Cl)c1CC1(O)CCCC(C)CC1. The summed E-state index contributed by atoms with van der Waals surface area (Å²) in [5, 5.41) is 15.8. The molecule has 0 bridgehead atoms. The second-order valence-corrected chi connectivity index (χ2v) is 6.27. The Balaban J connectivity index is 2.16. The van der Waals surface area contributed by atoms with Gasteiger partial charge in [-0.15, -0.1) is 0 Å². The third kappa shape index (κ3) is 2.89. The van der Waals surface area contributed by atoms with E-state index >= 15 is 0 Å². The van der Waals surface area contributed by atoms with Crippen LogP contribution in [0.1, 0.15) is 50.3 Å². The Kier molecular flexibility index (Phi) is 4.02. The van der Waals surface area contributed by atoms with Crippen LogP contribution in [0.5, 0.6) is 0 Å². The molecule has 1 aromatic rings. The predicted molar refractivity (Wildman–Crippen MR) is 73.9 cm³/mol. The molecule has 1 N–H and O–H groups in total. The summed E-state index contributed by atoms with van der Waals surface area (Å²) >= 11 is 6.25. The molecule has 0 aliphatic heterocycles. The van der Waals surface area contributed by atoms with Gasteiger partial charge < -0.3 is 5.11 Å². The topological polar surface area (TPSA) is 38.0 Å². The minimum absolute atomic E-state index is 0.595. The third-order valence-corrected chi connectivity index (χ3v) is 4.69. The minimum Gasteiger partial charge on any atom is -0.390 e. The first-order chi connectivity index (χ1) is 8.41. The molecule has 102 valence electrons. The summed E-state index contributed by atoms with van der Waals surface area (Å²) in [5.41, 5.74) is 1.35. The van der Waals surface area contributed by atoms with Crippen molar-refractivity contribution in [3.8, 4) is 0 Å². The van der Waals surface area contributed by atoms with Crippen LogP contribution in [0.2, 0.25) is 5.15 Å². The molecular formula is C14H23ClN2O. The first-order valence-electron chi connectivity index (χ1n) is 6.82. The van der Waals surface area contributed by atoms with Gasteiger partial charge in [0, 0.05) is 19.0 Å². The highest BCUT2D eigenvalue weighted by Gasteiger charge is 2.32. The van der Waals surface area contributed by atoms with Crippen LogP contribution in [0, 0.1) is 12.8 Å². The van der Waals surface area contributed by atoms with Crippen molar-refractivity contribution >= 4 is 11.6 Å². The number of hydrogen-bond donors (Lipinski definition) is 1. The quantitative estimate of drug-likeness (QED) is 0.838. The van der Waals surface area contributed by atoms with Crippen molar-refractivity contribution in [3.05, 3.63) is 16.4 Å². The second-order valence-electron chi connectivity index (χ2n) is 5.92. The van der Waals surface area contributed by atoms with E-state index in [0.717, 1.165) is 42.9 Å². The summed E-state index contributed by atoms with van der Waals surface area (Å²) in [6.07, 6.45) is 5.82. The number of aliphatic hydroxyl groups is 1. The van der Waals surface area contributed by atoms with Gasteiger partial charge in [-0.1, -0.05) is 31.4 Å². The monoisotopic (exact) mass is 270 g/mol. The zero-order chi connectivity index (χ0) is 13.3. The number of rotatable bonds is 2. The Hall–Kier alpha value is -0.540. The van der Waals surface area contributed by atoms with Crippen LogP contribution in [0.25, 0.3) is 0 Å². The van der Waals surface area contributed by atoms with Gasteiger partial charge in [0.1, 0.15) is 5.15 Å². The van der Waals surface area contributed by atoms with Crippen molar-refractivity contribution < 1.29 is 5.11 Å². The zero-order valence-electron chi connectivity index (χ0n) is 11.5. The Bertz CT molecular complexity index is 430. The van der Waals surface area contributed by atoms with Crippen molar-refractivity contribution in [1.82, 2.24) is 9.78 Å². The molecule has 18 heavy (non-hydrogen) atoms. The minimum atomic E-state index is -0.595. The summed E-state index contributed by atoms with van der Waals surface area (Å²) in [7, 11) is 1.85. The highest BCUT2D eigenvalue weighted by Crippen LogP contribution is 2.34. The highest BCUT2D eigenvalue weighted by atomic mass is 35.5. The number of hydrogen-bond acceptors (Lipinski definition) is 2. The van der Waals surface area contributed by atoms with Crippen LogP contribution in [-0.4, -0.2) is 20.5 Å². The van der Waals surface area contributed by atoms with Crippen LogP contribution >= 0.6 is 11.6 Å². The molecule has 1 fully saturated rings. The van der Waals surface area contributed by atoms with Crippen molar-refractivity contribution in [2.24, 2.45) is 13.0 Å². The van der Waals surface area contributed by atoms with Crippen LogP contribution in [0.4, 0.5) is 0 Å². The molecule has 1 aliphatic carbocycles. The van der Waals surface area contributed by atoms with Crippen LogP contribution in [0.3, 0.4) is 0 Å². The fourth-order valence-corrected chi connectivity index (χ4v) is 3.19. The van der Waals surface area contributed by atoms with Crippen molar-refractivity contribution in [3.63, 3.8) is 0 Å². The van der Waals surface area contributed by atoms with Gasteiger partial charge in [0.25, 0.3) is 0 Å². The van der Waals surface area contributed by atoms with E-state index in [4.69, 9.17) is 11.6 Å². The lowest BCUT2D eigenvalue weighted by atomic mass is 9.87. The molecular weight excluding hydrogens is 248 g/mol. The largest absolute Gasteiger partial charge is 0.390 e. The van der Waals surface area contributed by atoms with E-state index < -0.39 is 5.60 Å². The maximum atomic E-state index is 10.8. The van der Waals surface area contributed by atoms with Gasteiger partial charge >= 0.3 is 0 Å². The normalized spacial score (nSPS) is 29.3. The van der Waals surface area contributed by atoms with Crippen LogP contribution < -0.4 is 0 Å². The van der Waals surface area contributed by atoms with Gasteiger partial charge in [-0.2, -0.15) is 5.10 Å². The Labute approximate surface area is 114 Å². The maximum absolute atomic E-state index is 10.8. The predicted octanol–water partition coefficient (Wildman–Crippen LogP) is 3.26. The van der Waals surface area contributed by atoms with Crippen LogP contribution in [-0.2, 0) is 13.5 Å². The summed E-state index contributed by atoms with van der Waals surface area (Å²) in [4.78, 5) is 0. The molecule has 2 atom stereocenters. The molecule has 2 unspecified atom stereocenters. The first kappa shape index (κ1) is 13.9. The molecule has 0 aromatic carbocycles. The van der Waals surface area contributed by atoms with Crippen LogP contribution in [0.15, 0.2) is 0 Å². The van der Waals surface area contributed by atoms with E-state index in [0.29, 0.717) is 11.6 Å². The molecule has 3 nitrogen and oxygen atoms in total. The number of halogens is 1. The number of aryl methyl sites for hydroxylation is 2. The lowest BCUT2D eigenvalue weighted by molar-refractivity contribution is 0.0242. The first-order valence-corrected chi connectivity index (χ1v) is 7.19. The average Bonchev–Trinajstić information content (AvgIpc) is 2.48. The Morgan fingerprint density at radius 1 is 1.44 bits per heavy atom. The second kappa shape index (κ2) is 5.22. The molecule has 0 spiro atoms. The van der Waals surface area contributed by atoms with Crippen molar-refractivity contribution in [1.29, 1.82) is 0 Å². The summed E-state index contributed by atoms with van der Waals surface area (Å²) in [5.74, 6) is 0.726. The Morgan fingerprint density at radius 2 is 2.17 bits per heavy atom. The van der Waals surface area contributed by atoms with E-state index in [9.17, 15) is 5.11 Å². The average molecular weight is 271 g/mol. The maximum Gasteiger partial charge on any atom is 0.130 e. The number of aromatic nitrogens is 2. The fraction of sp³-hybridized carbons (Fsp3) is 0.786. The van der Waals surface area contributed by atoms with Gasteiger partial charge in [-0.3, -0.25) is 4.68 Å². The molecule has 1 heterocycles. The van der Waals surface area contributed by atoms with Gasteiger partial charge in [-0.25, -0.2) is 0 Å². The van der Waals surface area contributed by atoms with Gasteiger partial charge in [0.2, 0.25) is 0 Å². The standard InChI is InChI=1S/C14H23ClN2O/c1-10-5-4-7-14(18,8-6-10)9-12-11(2)16-17(3)13(12)15/h10,18H,4-9H2,1-3H3. The summed E-state index contributed by atoms with van der Waals surface area (Å²) < 4.78 is 1.69. The van der Waals surface area contributed by atoms with E-state index in [2.05, 4.69) is 12.0 Å². The van der Waals surface area contributed by atoms with Gasteiger partial charge in [-0.05, 0) is 32.1 Å². The Morgan fingerprint density at radius 3 is 2.78 bits per heavy atom. The lowest BCUT2D eigenvalue weighted by Gasteiger charge is -2.26. The molecule has 4 heteroatoms. The molecule has 0 amide bonds.